The summed E-state index contributed by atoms with van der Waals surface area (Å²) in [4.78, 5) is 0. The van der Waals surface area contributed by atoms with Crippen molar-refractivity contribution in [3.05, 3.63) is 34.9 Å². The zero-order valence-corrected chi connectivity index (χ0v) is 12.4. The molecule has 0 saturated heterocycles. The van der Waals surface area contributed by atoms with Crippen molar-refractivity contribution in [2.75, 3.05) is 0 Å². The van der Waals surface area contributed by atoms with E-state index in [1.165, 1.54) is 29.5 Å². The molecule has 16 heavy (non-hydrogen) atoms. The Labute approximate surface area is 103 Å². The van der Waals surface area contributed by atoms with Gasteiger partial charge in [0.05, 0.1) is 0 Å². The van der Waals surface area contributed by atoms with Crippen LogP contribution < -0.4 is 0 Å². The predicted octanol–water partition coefficient (Wildman–Crippen LogP) is 5.70. The summed E-state index contributed by atoms with van der Waals surface area (Å²) in [6.45, 7) is 14.9. The summed E-state index contributed by atoms with van der Waals surface area (Å²) in [6, 6.07) is 6.64. The molecule has 94 valence electrons. The van der Waals surface area contributed by atoms with E-state index in [4.69, 9.17) is 0 Å². The average Bonchev–Trinajstić information content (AvgIpc) is 2.35. The first-order valence-electron chi connectivity index (χ1n) is 6.71. The zero-order chi connectivity index (χ0) is 13.0. The summed E-state index contributed by atoms with van der Waals surface area (Å²) >= 11 is 0. The van der Waals surface area contributed by atoms with Crippen molar-refractivity contribution >= 4 is 0 Å². The molecule has 0 saturated carbocycles. The summed E-state index contributed by atoms with van der Waals surface area (Å²) in [5.41, 5.74) is 4.22. The fourth-order valence-corrected chi connectivity index (χ4v) is 1.02. The summed E-state index contributed by atoms with van der Waals surface area (Å²) in [5.74, 6) is 0. The number of rotatable bonds is 2. The first-order valence-corrected chi connectivity index (χ1v) is 6.71. The molecular weight excluding hydrogens is 192 g/mol. The van der Waals surface area contributed by atoms with E-state index in [1.54, 1.807) is 0 Å². The maximum atomic E-state index is 2.26. The van der Waals surface area contributed by atoms with Gasteiger partial charge in [0.25, 0.3) is 0 Å². The van der Waals surface area contributed by atoms with Crippen LogP contribution in [0, 0.1) is 13.8 Å². The first kappa shape index (κ1) is 17.6. The molecule has 0 unspecified atom stereocenters. The SMILES string of the molecule is CC.CCCC.CCc1ccc(C)c(C)c1. The van der Waals surface area contributed by atoms with Crippen LogP contribution in [0.2, 0.25) is 0 Å². The summed E-state index contributed by atoms with van der Waals surface area (Å²) < 4.78 is 0. The molecule has 1 aromatic rings. The molecule has 0 aliphatic carbocycles. The number of aryl methyl sites for hydroxylation is 3. The Balaban J connectivity index is 0. The Kier molecular flexibility index (Phi) is 13.5. The number of hydrogen-bond donors (Lipinski definition) is 0. The zero-order valence-electron chi connectivity index (χ0n) is 12.4. The minimum absolute atomic E-state index is 1.14. The van der Waals surface area contributed by atoms with Crippen molar-refractivity contribution in [2.24, 2.45) is 0 Å². The smallest absolute Gasteiger partial charge is 0.0307 e. The topological polar surface area (TPSA) is 0 Å². The molecule has 0 amide bonds. The van der Waals surface area contributed by atoms with Gasteiger partial charge in [-0.15, -0.1) is 0 Å². The lowest BCUT2D eigenvalue weighted by Gasteiger charge is -2.01. The Morgan fingerprint density at radius 2 is 1.31 bits per heavy atom. The number of benzene rings is 1. The van der Waals surface area contributed by atoms with Crippen LogP contribution in [-0.4, -0.2) is 0 Å². The van der Waals surface area contributed by atoms with Gasteiger partial charge in [0, 0.05) is 0 Å². The van der Waals surface area contributed by atoms with Crippen molar-refractivity contribution in [1.29, 1.82) is 0 Å². The largest absolute Gasteiger partial charge is 0.0683 e. The van der Waals surface area contributed by atoms with Crippen LogP contribution in [-0.2, 0) is 6.42 Å². The van der Waals surface area contributed by atoms with Crippen LogP contribution >= 0.6 is 0 Å². The number of unbranched alkanes of at least 4 members (excludes halogenated alkanes) is 1. The van der Waals surface area contributed by atoms with Crippen molar-refractivity contribution < 1.29 is 0 Å². The summed E-state index contributed by atoms with van der Waals surface area (Å²) in [7, 11) is 0. The van der Waals surface area contributed by atoms with Crippen molar-refractivity contribution in [1.82, 2.24) is 0 Å². The van der Waals surface area contributed by atoms with Gasteiger partial charge in [-0.25, -0.2) is 0 Å². The molecule has 0 aliphatic heterocycles. The van der Waals surface area contributed by atoms with Crippen LogP contribution in [0.3, 0.4) is 0 Å². The van der Waals surface area contributed by atoms with E-state index in [0.717, 1.165) is 6.42 Å². The van der Waals surface area contributed by atoms with E-state index in [0.29, 0.717) is 0 Å². The van der Waals surface area contributed by atoms with E-state index < -0.39 is 0 Å². The highest BCUT2D eigenvalue weighted by Gasteiger charge is 1.92. The lowest BCUT2D eigenvalue weighted by Crippen LogP contribution is -1.84. The normalized spacial score (nSPS) is 8.44. The van der Waals surface area contributed by atoms with Crippen LogP contribution in [0.15, 0.2) is 18.2 Å². The van der Waals surface area contributed by atoms with Crippen molar-refractivity contribution in [3.63, 3.8) is 0 Å². The Bertz CT molecular complexity index is 246. The van der Waals surface area contributed by atoms with E-state index in [9.17, 15) is 0 Å². The van der Waals surface area contributed by atoms with Gasteiger partial charge in [-0.2, -0.15) is 0 Å². The number of hydrogen-bond acceptors (Lipinski definition) is 0. The van der Waals surface area contributed by atoms with Gasteiger partial charge in [0.1, 0.15) is 0 Å². The minimum Gasteiger partial charge on any atom is -0.0683 e. The van der Waals surface area contributed by atoms with Gasteiger partial charge in [-0.3, -0.25) is 0 Å². The van der Waals surface area contributed by atoms with E-state index in [-0.39, 0.29) is 0 Å². The molecule has 0 spiro atoms. The third kappa shape index (κ3) is 8.52. The molecule has 0 fully saturated rings. The maximum absolute atomic E-state index is 2.26. The monoisotopic (exact) mass is 222 g/mol. The molecule has 0 aliphatic rings. The molecule has 0 heteroatoms. The Morgan fingerprint density at radius 1 is 0.812 bits per heavy atom. The van der Waals surface area contributed by atoms with Gasteiger partial charge in [0.15, 0.2) is 0 Å². The van der Waals surface area contributed by atoms with Crippen LogP contribution in [0.1, 0.15) is 64.2 Å². The van der Waals surface area contributed by atoms with E-state index in [2.05, 4.69) is 52.8 Å². The average molecular weight is 222 g/mol. The standard InChI is InChI=1S/C10H14.C4H10.C2H6/c1-4-10-6-5-8(2)9(3)7-10;1-3-4-2;1-2/h5-7H,4H2,1-3H3;3-4H2,1-2H3;1-2H3. The molecule has 0 aromatic heterocycles. The first-order chi connectivity index (χ1) is 7.65. The molecular formula is C16H30. The molecule has 0 bridgehead atoms. The van der Waals surface area contributed by atoms with Gasteiger partial charge in [0.2, 0.25) is 0 Å². The highest BCUT2D eigenvalue weighted by atomic mass is 14.0. The molecule has 0 N–H and O–H groups in total. The van der Waals surface area contributed by atoms with Crippen molar-refractivity contribution in [2.45, 2.75) is 67.7 Å². The molecule has 1 rings (SSSR count). The summed E-state index contributed by atoms with van der Waals surface area (Å²) in [6.07, 6.45) is 3.78. The Hall–Kier alpha value is -0.780. The maximum Gasteiger partial charge on any atom is -0.0307 e. The third-order valence-corrected chi connectivity index (χ3v) is 2.48. The summed E-state index contributed by atoms with van der Waals surface area (Å²) in [5, 5.41) is 0. The second-order valence-electron chi connectivity index (χ2n) is 3.77. The van der Waals surface area contributed by atoms with E-state index >= 15 is 0 Å². The fourth-order valence-electron chi connectivity index (χ4n) is 1.02. The Morgan fingerprint density at radius 3 is 1.62 bits per heavy atom. The van der Waals surface area contributed by atoms with Gasteiger partial charge < -0.3 is 0 Å². The van der Waals surface area contributed by atoms with Gasteiger partial charge >= 0.3 is 0 Å². The highest BCUT2D eigenvalue weighted by Crippen LogP contribution is 2.09. The fraction of sp³-hybridized carbons (Fsp3) is 0.625. The molecule has 1 aromatic carbocycles. The second kappa shape index (κ2) is 12.3. The van der Waals surface area contributed by atoms with Crippen LogP contribution in [0.4, 0.5) is 0 Å². The minimum atomic E-state index is 1.14. The highest BCUT2D eigenvalue weighted by molar-refractivity contribution is 5.29. The van der Waals surface area contributed by atoms with E-state index in [1.807, 2.05) is 13.8 Å². The van der Waals surface area contributed by atoms with Crippen LogP contribution in [0.5, 0.6) is 0 Å². The third-order valence-electron chi connectivity index (χ3n) is 2.48. The second-order valence-corrected chi connectivity index (χ2v) is 3.77. The molecule has 0 heterocycles. The predicted molar refractivity (Wildman–Crippen MR) is 77.2 cm³/mol. The quantitative estimate of drug-likeness (QED) is 0.602. The molecule has 0 atom stereocenters. The molecule has 0 radical (unpaired) electrons. The molecule has 0 nitrogen and oxygen atoms in total. The van der Waals surface area contributed by atoms with Crippen molar-refractivity contribution in [3.8, 4) is 0 Å². The lowest BCUT2D eigenvalue weighted by molar-refractivity contribution is 0.886. The van der Waals surface area contributed by atoms with Gasteiger partial charge in [-0.05, 0) is 37.0 Å². The lowest BCUT2D eigenvalue weighted by atomic mass is 10.1. The van der Waals surface area contributed by atoms with Crippen LogP contribution in [0.25, 0.3) is 0 Å². The van der Waals surface area contributed by atoms with Gasteiger partial charge in [-0.1, -0.05) is 65.7 Å².